The van der Waals surface area contributed by atoms with Crippen LogP contribution < -0.4 is 0 Å². The van der Waals surface area contributed by atoms with Crippen molar-refractivity contribution in [3.8, 4) is 5.75 Å². The number of rotatable bonds is 4. The maximum Gasteiger partial charge on any atom is 0.270 e. The van der Waals surface area contributed by atoms with Gasteiger partial charge in [-0.15, -0.1) is 5.11 Å². The van der Waals surface area contributed by atoms with Crippen LogP contribution in [-0.2, 0) is 5.54 Å². The molecule has 1 aliphatic carbocycles. The van der Waals surface area contributed by atoms with E-state index in [0.717, 1.165) is 0 Å². The Balaban J connectivity index is 1.91. The molecule has 0 fully saturated rings. The van der Waals surface area contributed by atoms with Crippen molar-refractivity contribution < 1.29 is 10.0 Å². The van der Waals surface area contributed by atoms with Gasteiger partial charge in [0.15, 0.2) is 0 Å². The average molecular weight is 356 g/mol. The summed E-state index contributed by atoms with van der Waals surface area (Å²) in [5.74, 6) is 0.0426. The number of phenolic OH excluding ortho intramolecular Hbond substituents is 1. The van der Waals surface area contributed by atoms with Crippen LogP contribution in [0.25, 0.3) is 0 Å². The summed E-state index contributed by atoms with van der Waals surface area (Å²) >= 11 is 6.28. The molecule has 0 bridgehead atoms. The third-order valence-electron chi connectivity index (χ3n) is 3.94. The molecule has 0 saturated heterocycles. The van der Waals surface area contributed by atoms with Crippen LogP contribution in [-0.4, -0.2) is 10.0 Å². The lowest BCUT2D eigenvalue weighted by Crippen LogP contribution is -2.34. The van der Waals surface area contributed by atoms with Crippen molar-refractivity contribution >= 4 is 17.3 Å². The van der Waals surface area contributed by atoms with E-state index in [1.807, 2.05) is 18.2 Å². The predicted octanol–water partition coefficient (Wildman–Crippen LogP) is 5.06. The zero-order chi connectivity index (χ0) is 17.9. The minimum absolute atomic E-state index is 0.0357. The first-order chi connectivity index (χ1) is 12.0. The van der Waals surface area contributed by atoms with E-state index in [0.29, 0.717) is 16.9 Å². The van der Waals surface area contributed by atoms with Gasteiger partial charge in [0.1, 0.15) is 11.4 Å². The first-order valence-corrected chi connectivity index (χ1v) is 7.88. The van der Waals surface area contributed by atoms with Crippen LogP contribution in [0.2, 0.25) is 0 Å². The maximum absolute atomic E-state index is 11.7. The Morgan fingerprint density at radius 2 is 1.76 bits per heavy atom. The number of aromatic hydroxyl groups is 1. The normalized spacial score (nSPS) is 20.2. The Morgan fingerprint density at radius 1 is 1.08 bits per heavy atom. The minimum atomic E-state index is -1.49. The number of halogens is 1. The third kappa shape index (κ3) is 3.44. The molecule has 3 rings (SSSR count). The van der Waals surface area contributed by atoms with Gasteiger partial charge in [0.25, 0.3) is 5.54 Å². The highest BCUT2D eigenvalue weighted by molar-refractivity contribution is 6.30. The lowest BCUT2D eigenvalue weighted by molar-refractivity contribution is -0.563. The molecular formula is C18H14ClN3O3. The van der Waals surface area contributed by atoms with Gasteiger partial charge in [-0.25, -0.2) is 0 Å². The molecule has 0 heterocycles. The fourth-order valence-electron chi connectivity index (χ4n) is 2.57. The first-order valence-electron chi connectivity index (χ1n) is 7.50. The van der Waals surface area contributed by atoms with Gasteiger partial charge in [0, 0.05) is 10.5 Å². The highest BCUT2D eigenvalue weighted by Gasteiger charge is 2.45. The molecule has 1 N–H and O–H groups in total. The van der Waals surface area contributed by atoms with Crippen LogP contribution in [0.15, 0.2) is 87.7 Å². The van der Waals surface area contributed by atoms with E-state index in [9.17, 15) is 15.2 Å². The van der Waals surface area contributed by atoms with Crippen LogP contribution in [0.3, 0.4) is 0 Å². The number of nitrogens with zero attached hydrogens (tertiary/aromatic N) is 3. The van der Waals surface area contributed by atoms with Crippen molar-refractivity contribution in [1.29, 1.82) is 0 Å². The van der Waals surface area contributed by atoms with Gasteiger partial charge in [-0.05, 0) is 48.6 Å². The molecule has 1 aliphatic rings. The molecule has 2 aromatic carbocycles. The van der Waals surface area contributed by atoms with Gasteiger partial charge in [0.05, 0.1) is 17.1 Å². The highest BCUT2D eigenvalue weighted by atomic mass is 35.5. The second kappa shape index (κ2) is 6.86. The summed E-state index contributed by atoms with van der Waals surface area (Å²) in [6.07, 6.45) is 2.94. The standard InChI is InChI=1S/C18H14ClN3O3/c19-16-12-18(22(24)25,13-6-8-15(23)9-7-13)11-10-17(16)21-20-14-4-2-1-3-5-14/h1-11,23H,12H2. The summed E-state index contributed by atoms with van der Waals surface area (Å²) in [7, 11) is 0. The molecule has 0 saturated carbocycles. The molecule has 7 heteroatoms. The molecule has 0 radical (unpaired) electrons. The summed E-state index contributed by atoms with van der Waals surface area (Å²) in [6, 6.07) is 15.0. The second-order valence-corrected chi connectivity index (χ2v) is 6.02. The Labute approximate surface area is 148 Å². The number of allylic oxidation sites excluding steroid dienone is 1. The smallest absolute Gasteiger partial charge is 0.270 e. The Morgan fingerprint density at radius 3 is 2.36 bits per heavy atom. The molecule has 6 nitrogen and oxygen atoms in total. The molecule has 0 amide bonds. The van der Waals surface area contributed by atoms with Crippen molar-refractivity contribution in [1.82, 2.24) is 0 Å². The predicted molar refractivity (Wildman–Crippen MR) is 94.4 cm³/mol. The number of azo groups is 1. The van der Waals surface area contributed by atoms with Crippen LogP contribution in [0.4, 0.5) is 5.69 Å². The van der Waals surface area contributed by atoms with Gasteiger partial charge < -0.3 is 5.11 Å². The molecular weight excluding hydrogens is 342 g/mol. The van der Waals surface area contributed by atoms with Crippen molar-refractivity contribution in [3.05, 3.63) is 93.2 Å². The summed E-state index contributed by atoms with van der Waals surface area (Å²) in [5, 5.41) is 29.6. The number of hydrogen-bond acceptors (Lipinski definition) is 5. The second-order valence-electron chi connectivity index (χ2n) is 5.56. The molecule has 0 spiro atoms. The van der Waals surface area contributed by atoms with E-state index < -0.39 is 5.54 Å². The van der Waals surface area contributed by atoms with Crippen LogP contribution in [0.5, 0.6) is 5.75 Å². The van der Waals surface area contributed by atoms with E-state index in [1.165, 1.54) is 36.4 Å². The Hall–Kier alpha value is -2.99. The topological polar surface area (TPSA) is 88.1 Å². The minimum Gasteiger partial charge on any atom is -0.508 e. The van der Waals surface area contributed by atoms with Gasteiger partial charge in [-0.2, -0.15) is 5.11 Å². The molecule has 1 atom stereocenters. The number of benzene rings is 2. The maximum atomic E-state index is 11.7. The molecule has 25 heavy (non-hydrogen) atoms. The first kappa shape index (κ1) is 16.9. The SMILES string of the molecule is O=[N+]([O-])C1(c2ccc(O)cc2)C=CC(N=Nc2ccccc2)=C(Cl)C1. The van der Waals surface area contributed by atoms with E-state index >= 15 is 0 Å². The molecule has 1 unspecified atom stereocenters. The van der Waals surface area contributed by atoms with Gasteiger partial charge in [0.2, 0.25) is 0 Å². The van der Waals surface area contributed by atoms with Crippen molar-refractivity contribution in [2.45, 2.75) is 12.0 Å². The zero-order valence-corrected chi connectivity index (χ0v) is 13.8. The van der Waals surface area contributed by atoms with E-state index in [1.54, 1.807) is 12.1 Å². The molecule has 126 valence electrons. The summed E-state index contributed by atoms with van der Waals surface area (Å²) in [6.45, 7) is 0. The van der Waals surface area contributed by atoms with E-state index in [4.69, 9.17) is 11.6 Å². The van der Waals surface area contributed by atoms with Gasteiger partial charge in [-0.1, -0.05) is 29.8 Å². The van der Waals surface area contributed by atoms with E-state index in [-0.39, 0.29) is 22.1 Å². The Kier molecular flexibility index (Phi) is 4.63. The fourth-order valence-corrected chi connectivity index (χ4v) is 2.87. The van der Waals surface area contributed by atoms with Crippen molar-refractivity contribution in [2.24, 2.45) is 10.2 Å². The summed E-state index contributed by atoms with van der Waals surface area (Å²) < 4.78 is 0. The Bertz CT molecular complexity index is 876. The van der Waals surface area contributed by atoms with E-state index in [2.05, 4.69) is 10.2 Å². The van der Waals surface area contributed by atoms with Crippen LogP contribution in [0.1, 0.15) is 12.0 Å². The number of hydrogen-bond donors (Lipinski definition) is 1. The summed E-state index contributed by atoms with van der Waals surface area (Å²) in [4.78, 5) is 11.4. The average Bonchev–Trinajstić information content (AvgIpc) is 2.62. The number of nitro groups is 1. The van der Waals surface area contributed by atoms with Crippen molar-refractivity contribution in [2.75, 3.05) is 0 Å². The molecule has 0 aromatic heterocycles. The summed E-state index contributed by atoms with van der Waals surface area (Å²) in [5.41, 5.74) is -0.000612. The van der Waals surface area contributed by atoms with Crippen LogP contribution >= 0.6 is 11.6 Å². The third-order valence-corrected chi connectivity index (χ3v) is 4.27. The fraction of sp³-hybridized carbons (Fsp3) is 0.111. The molecule has 2 aromatic rings. The zero-order valence-electron chi connectivity index (χ0n) is 13.0. The van der Waals surface area contributed by atoms with Crippen molar-refractivity contribution in [3.63, 3.8) is 0 Å². The lowest BCUT2D eigenvalue weighted by atomic mass is 9.83. The van der Waals surface area contributed by atoms with Gasteiger partial charge >= 0.3 is 0 Å². The largest absolute Gasteiger partial charge is 0.508 e. The monoisotopic (exact) mass is 355 g/mol. The highest BCUT2D eigenvalue weighted by Crippen LogP contribution is 2.40. The number of phenols is 1. The van der Waals surface area contributed by atoms with Gasteiger partial charge in [-0.3, -0.25) is 10.1 Å². The lowest BCUT2D eigenvalue weighted by Gasteiger charge is -2.25. The van der Waals surface area contributed by atoms with Crippen LogP contribution in [0, 0.1) is 10.1 Å². The molecule has 0 aliphatic heterocycles. The quantitative estimate of drug-likeness (QED) is 0.472.